The predicted octanol–water partition coefficient (Wildman–Crippen LogP) is 6.00. The van der Waals surface area contributed by atoms with E-state index in [1.165, 1.54) is 11.2 Å². The lowest BCUT2D eigenvalue weighted by molar-refractivity contribution is -0.140. The van der Waals surface area contributed by atoms with Crippen molar-refractivity contribution in [3.8, 4) is 11.5 Å². The summed E-state index contributed by atoms with van der Waals surface area (Å²) in [4.78, 5) is 27.8. The van der Waals surface area contributed by atoms with E-state index in [0.717, 1.165) is 5.56 Å². The minimum Gasteiger partial charge on any atom is -0.507 e. The van der Waals surface area contributed by atoms with Gasteiger partial charge in [0.25, 0.3) is 11.7 Å². The Morgan fingerprint density at radius 2 is 1.66 bits per heavy atom. The van der Waals surface area contributed by atoms with Gasteiger partial charge in [-0.3, -0.25) is 9.59 Å². The monoisotopic (exact) mass is 465 g/mol. The van der Waals surface area contributed by atoms with E-state index in [0.29, 0.717) is 28.4 Å². The van der Waals surface area contributed by atoms with Crippen LogP contribution >= 0.6 is 0 Å². The van der Waals surface area contributed by atoms with Gasteiger partial charge >= 0.3 is 0 Å². The molecule has 1 saturated heterocycles. The normalized spacial score (nSPS) is 17.1. The summed E-state index contributed by atoms with van der Waals surface area (Å²) in [5, 5.41) is 11.2. The number of amides is 1. The number of rotatable bonds is 6. The third-order valence-electron chi connectivity index (χ3n) is 5.92. The van der Waals surface area contributed by atoms with E-state index < -0.39 is 17.7 Å². The molecule has 1 aliphatic rings. The van der Waals surface area contributed by atoms with Gasteiger partial charge in [0.05, 0.1) is 24.4 Å². The van der Waals surface area contributed by atoms with Gasteiger partial charge in [0.15, 0.2) is 0 Å². The van der Waals surface area contributed by atoms with Crippen LogP contribution in [-0.4, -0.2) is 21.7 Å². The van der Waals surface area contributed by atoms with E-state index in [4.69, 9.17) is 9.15 Å². The Bertz CT molecular complexity index is 1390. The van der Waals surface area contributed by atoms with Gasteiger partial charge in [-0.15, -0.1) is 0 Å². The van der Waals surface area contributed by atoms with Gasteiger partial charge in [-0.05, 0) is 48.9 Å². The average Bonchev–Trinajstić information content (AvgIpc) is 3.47. The molecule has 6 nitrogen and oxygen atoms in total. The molecule has 1 amide bonds. The molecular weight excluding hydrogens is 442 g/mol. The van der Waals surface area contributed by atoms with Crippen LogP contribution in [0.2, 0.25) is 0 Å². The van der Waals surface area contributed by atoms with Gasteiger partial charge in [-0.2, -0.15) is 0 Å². The number of furan rings is 1. The second-order valence-electron chi connectivity index (χ2n) is 8.36. The van der Waals surface area contributed by atoms with Gasteiger partial charge in [0.2, 0.25) is 0 Å². The van der Waals surface area contributed by atoms with E-state index in [2.05, 4.69) is 0 Å². The molecule has 1 fully saturated rings. The summed E-state index contributed by atoms with van der Waals surface area (Å²) in [5.74, 6) is 0.0820. The lowest BCUT2D eigenvalue weighted by atomic mass is 9.95. The number of ketones is 1. The van der Waals surface area contributed by atoms with Crippen LogP contribution < -0.4 is 4.74 Å². The number of benzene rings is 3. The smallest absolute Gasteiger partial charge is 0.296 e. The largest absolute Gasteiger partial charge is 0.507 e. The maximum absolute atomic E-state index is 13.2. The van der Waals surface area contributed by atoms with Crippen molar-refractivity contribution in [1.29, 1.82) is 0 Å². The number of hydrogen-bond acceptors (Lipinski definition) is 5. The third-order valence-corrected chi connectivity index (χ3v) is 5.92. The van der Waals surface area contributed by atoms with Crippen molar-refractivity contribution in [2.45, 2.75) is 19.5 Å². The Morgan fingerprint density at radius 1 is 0.914 bits per heavy atom. The number of Topliss-reactive ketones (excluding diaryl/α,β-unsaturated/α-hetero) is 1. The number of hydrogen-bond donors (Lipinski definition) is 1. The maximum Gasteiger partial charge on any atom is 0.296 e. The van der Waals surface area contributed by atoms with Crippen LogP contribution in [-0.2, 0) is 16.1 Å². The van der Waals surface area contributed by atoms with Crippen LogP contribution in [0.3, 0.4) is 0 Å². The highest BCUT2D eigenvalue weighted by molar-refractivity contribution is 6.46. The maximum atomic E-state index is 13.2. The lowest BCUT2D eigenvalue weighted by Gasteiger charge is -2.25. The highest BCUT2D eigenvalue weighted by atomic mass is 16.5. The van der Waals surface area contributed by atoms with Crippen molar-refractivity contribution >= 4 is 17.4 Å². The molecule has 174 valence electrons. The number of aliphatic hydroxyl groups excluding tert-OH is 1. The minimum absolute atomic E-state index is 0.0299. The van der Waals surface area contributed by atoms with Crippen LogP contribution in [0.25, 0.3) is 5.76 Å². The first-order valence-electron chi connectivity index (χ1n) is 11.2. The molecule has 1 N–H and O–H groups in total. The Hall–Kier alpha value is -4.58. The fourth-order valence-electron chi connectivity index (χ4n) is 4.20. The summed E-state index contributed by atoms with van der Waals surface area (Å²) >= 11 is 0. The van der Waals surface area contributed by atoms with Crippen LogP contribution in [0.4, 0.5) is 0 Å². The molecule has 1 atom stereocenters. The van der Waals surface area contributed by atoms with E-state index in [1.807, 2.05) is 55.5 Å². The molecule has 4 aromatic rings. The van der Waals surface area contributed by atoms with E-state index in [9.17, 15) is 14.7 Å². The van der Waals surface area contributed by atoms with Crippen molar-refractivity contribution in [3.05, 3.63) is 125 Å². The number of likely N-dealkylation sites (tertiary alicyclic amines) is 1. The fourth-order valence-corrected chi connectivity index (χ4v) is 4.20. The number of carbonyl (C=O) groups excluding carboxylic acids is 2. The number of carbonyl (C=O) groups is 2. The third kappa shape index (κ3) is 4.46. The topological polar surface area (TPSA) is 80.0 Å². The first-order valence-corrected chi connectivity index (χ1v) is 11.2. The van der Waals surface area contributed by atoms with Crippen molar-refractivity contribution in [1.82, 2.24) is 4.90 Å². The number of ether oxygens (including phenoxy) is 1. The number of aryl methyl sites for hydroxylation is 1. The second-order valence-corrected chi connectivity index (χ2v) is 8.36. The number of aliphatic hydroxyl groups is 1. The molecule has 0 radical (unpaired) electrons. The zero-order valence-corrected chi connectivity index (χ0v) is 19.0. The van der Waals surface area contributed by atoms with Crippen molar-refractivity contribution in [3.63, 3.8) is 0 Å². The summed E-state index contributed by atoms with van der Waals surface area (Å²) < 4.78 is 11.4. The minimum atomic E-state index is -0.819. The van der Waals surface area contributed by atoms with Crippen LogP contribution in [0.5, 0.6) is 11.5 Å². The van der Waals surface area contributed by atoms with Gasteiger partial charge in [-0.25, -0.2) is 0 Å². The molecule has 0 spiro atoms. The summed E-state index contributed by atoms with van der Waals surface area (Å²) in [6.07, 6.45) is 1.52. The number of nitrogens with zero attached hydrogens (tertiary/aromatic N) is 1. The average molecular weight is 466 g/mol. The molecule has 1 aliphatic heterocycles. The van der Waals surface area contributed by atoms with Crippen LogP contribution in [0.1, 0.15) is 28.5 Å². The Kier molecular flexibility index (Phi) is 5.94. The highest BCUT2D eigenvalue weighted by Crippen LogP contribution is 2.41. The molecule has 35 heavy (non-hydrogen) atoms. The fraction of sp³-hybridized carbons (Fsp3) is 0.103. The summed E-state index contributed by atoms with van der Waals surface area (Å²) in [6, 6.07) is 26.3. The number of para-hydroxylation sites is 1. The molecule has 5 rings (SSSR count). The summed E-state index contributed by atoms with van der Waals surface area (Å²) in [7, 11) is 0. The zero-order valence-electron chi connectivity index (χ0n) is 19.0. The molecule has 2 heterocycles. The second kappa shape index (κ2) is 9.35. The molecule has 0 aliphatic carbocycles. The van der Waals surface area contributed by atoms with Crippen LogP contribution in [0, 0.1) is 6.92 Å². The van der Waals surface area contributed by atoms with E-state index >= 15 is 0 Å². The van der Waals surface area contributed by atoms with Gasteiger partial charge in [-0.1, -0.05) is 60.2 Å². The quantitative estimate of drug-likeness (QED) is 0.215. The zero-order chi connectivity index (χ0) is 24.4. The Labute approximate surface area is 202 Å². The van der Waals surface area contributed by atoms with Gasteiger partial charge in [0.1, 0.15) is 23.0 Å². The molecule has 6 heteroatoms. The standard InChI is InChI=1S/C29H23NO5/c1-19-12-14-20(15-13-19)27(31)25-26(30(29(33)28(25)32)18-24-11-6-16-34-24)21-7-5-10-23(17-21)35-22-8-3-2-4-9-22/h2-17,26,31H,18H2,1H3/b27-25+. The van der Waals surface area contributed by atoms with Gasteiger partial charge in [0, 0.05) is 5.56 Å². The van der Waals surface area contributed by atoms with E-state index in [1.54, 1.807) is 42.5 Å². The Balaban J connectivity index is 1.61. The van der Waals surface area contributed by atoms with E-state index in [-0.39, 0.29) is 17.9 Å². The molecule has 1 unspecified atom stereocenters. The van der Waals surface area contributed by atoms with Crippen LogP contribution in [0.15, 0.2) is 107 Å². The molecule has 1 aromatic heterocycles. The summed E-state index contributed by atoms with van der Waals surface area (Å²) in [5.41, 5.74) is 2.15. The van der Waals surface area contributed by atoms with Crippen molar-refractivity contribution in [2.75, 3.05) is 0 Å². The first kappa shape index (κ1) is 22.2. The summed E-state index contributed by atoms with van der Waals surface area (Å²) in [6.45, 7) is 2.01. The lowest BCUT2D eigenvalue weighted by Crippen LogP contribution is -2.29. The highest BCUT2D eigenvalue weighted by Gasteiger charge is 2.46. The molecule has 0 saturated carbocycles. The predicted molar refractivity (Wildman–Crippen MR) is 131 cm³/mol. The van der Waals surface area contributed by atoms with Gasteiger partial charge < -0.3 is 19.2 Å². The molecular formula is C29H23NO5. The van der Waals surface area contributed by atoms with Crippen molar-refractivity contribution < 1.29 is 23.8 Å². The first-order chi connectivity index (χ1) is 17.0. The molecule has 0 bridgehead atoms. The van der Waals surface area contributed by atoms with Crippen molar-refractivity contribution in [2.24, 2.45) is 0 Å². The molecule has 3 aromatic carbocycles. The SMILES string of the molecule is Cc1ccc(/C(O)=C2\C(=O)C(=O)N(Cc3ccco3)C2c2cccc(Oc3ccccc3)c2)cc1. The Morgan fingerprint density at radius 3 is 2.37 bits per heavy atom.